The van der Waals surface area contributed by atoms with E-state index >= 15 is 0 Å². The van der Waals surface area contributed by atoms with Gasteiger partial charge in [-0.2, -0.15) is 9.98 Å². The van der Waals surface area contributed by atoms with Gasteiger partial charge in [0, 0.05) is 0 Å². The Hall–Kier alpha value is -1.91. The molecule has 0 radical (unpaired) electrons. The van der Waals surface area contributed by atoms with Crippen molar-refractivity contribution in [2.24, 2.45) is 0 Å². The highest BCUT2D eigenvalue weighted by molar-refractivity contribution is 7.89. The van der Waals surface area contributed by atoms with Gasteiger partial charge in [-0.25, -0.2) is 8.42 Å². The maximum atomic E-state index is 11.8. The van der Waals surface area contributed by atoms with Gasteiger partial charge in [-0.1, -0.05) is 12.1 Å². The van der Waals surface area contributed by atoms with Crippen LogP contribution in [0.1, 0.15) is 12.5 Å². The van der Waals surface area contributed by atoms with Crippen molar-refractivity contribution < 1.29 is 18.3 Å². The smallest absolute Gasteiger partial charge is 0.321 e. The maximum absolute atomic E-state index is 11.8. The number of hydrogen-bond acceptors (Lipinski definition) is 4. The highest BCUT2D eigenvalue weighted by Crippen LogP contribution is 2.14. The number of hydrogen-bond donors (Lipinski definition) is 2. The Morgan fingerprint density at radius 3 is 2.59 bits per heavy atom. The molecule has 0 aromatic heterocycles. The highest BCUT2D eigenvalue weighted by atomic mass is 32.2. The molecule has 1 aromatic rings. The number of carboxylic acid groups (broad SMARTS) is 1. The minimum absolute atomic E-state index is 0.0300. The zero-order valence-corrected chi connectivity index (χ0v) is 9.73. The number of rotatable bonds is 4. The van der Waals surface area contributed by atoms with Crippen molar-refractivity contribution >= 4 is 16.0 Å². The average Bonchev–Trinajstić information content (AvgIpc) is 2.28. The summed E-state index contributed by atoms with van der Waals surface area (Å²) < 4.78 is 25.6. The minimum atomic E-state index is -4.00. The molecule has 6 nitrogen and oxygen atoms in total. The van der Waals surface area contributed by atoms with E-state index in [1.54, 1.807) is 6.07 Å². The molecule has 1 atom stereocenters. The molecule has 0 aliphatic heterocycles. The topological polar surface area (TPSA) is 107 Å². The molecule has 0 bridgehead atoms. The van der Waals surface area contributed by atoms with Crippen molar-refractivity contribution in [2.75, 3.05) is 0 Å². The quantitative estimate of drug-likeness (QED) is 0.804. The molecule has 0 spiro atoms. The lowest BCUT2D eigenvalue weighted by Gasteiger charge is -2.10. The molecular weight excluding hydrogens is 244 g/mol. The Bertz CT molecular complexity index is 574. The summed E-state index contributed by atoms with van der Waals surface area (Å²) in [5.41, 5.74) is -0.0300. The lowest BCUT2D eigenvalue weighted by Crippen LogP contribution is -2.38. The number of nitrogens with zero attached hydrogens (tertiary/aromatic N) is 1. The van der Waals surface area contributed by atoms with E-state index in [4.69, 9.17) is 10.4 Å². The van der Waals surface area contributed by atoms with Crippen LogP contribution in [0.5, 0.6) is 0 Å². The zero-order valence-electron chi connectivity index (χ0n) is 8.91. The number of carbonyl (C=O) groups is 1. The first-order valence-electron chi connectivity index (χ1n) is 4.62. The molecule has 1 rings (SSSR count). The van der Waals surface area contributed by atoms with Crippen molar-refractivity contribution in [3.8, 4) is 6.07 Å². The Morgan fingerprint density at radius 2 is 2.06 bits per heavy atom. The molecule has 0 aliphatic rings. The van der Waals surface area contributed by atoms with E-state index in [0.29, 0.717) is 0 Å². The van der Waals surface area contributed by atoms with E-state index in [0.717, 1.165) is 0 Å². The van der Waals surface area contributed by atoms with Crippen LogP contribution in [0.2, 0.25) is 0 Å². The normalized spacial score (nSPS) is 12.7. The fraction of sp³-hybridized carbons (Fsp3) is 0.200. The third kappa shape index (κ3) is 3.03. The van der Waals surface area contributed by atoms with Crippen molar-refractivity contribution in [3.05, 3.63) is 29.8 Å². The van der Waals surface area contributed by atoms with Crippen LogP contribution in [-0.2, 0) is 14.8 Å². The first-order valence-corrected chi connectivity index (χ1v) is 6.11. The number of benzene rings is 1. The summed E-state index contributed by atoms with van der Waals surface area (Å²) in [5, 5.41) is 17.4. The van der Waals surface area contributed by atoms with Crippen LogP contribution in [0, 0.1) is 11.3 Å². The molecule has 17 heavy (non-hydrogen) atoms. The number of sulfonamides is 1. The van der Waals surface area contributed by atoms with Gasteiger partial charge in [0.05, 0.1) is 10.5 Å². The molecule has 0 saturated heterocycles. The Morgan fingerprint density at radius 1 is 1.47 bits per heavy atom. The number of carboxylic acids is 1. The average molecular weight is 254 g/mol. The van der Waals surface area contributed by atoms with Crippen molar-refractivity contribution in [3.63, 3.8) is 0 Å². The second kappa shape index (κ2) is 4.95. The molecule has 90 valence electrons. The molecule has 0 heterocycles. The van der Waals surface area contributed by atoms with E-state index in [1.807, 2.05) is 4.72 Å². The second-order valence-electron chi connectivity index (χ2n) is 3.29. The Kier molecular flexibility index (Phi) is 3.83. The van der Waals surface area contributed by atoms with Crippen LogP contribution in [0.25, 0.3) is 0 Å². The van der Waals surface area contributed by atoms with Gasteiger partial charge in [0.2, 0.25) is 10.0 Å². The lowest BCUT2D eigenvalue weighted by molar-refractivity contribution is -0.138. The van der Waals surface area contributed by atoms with Crippen LogP contribution < -0.4 is 4.72 Å². The van der Waals surface area contributed by atoms with Gasteiger partial charge in [0.15, 0.2) is 0 Å². The standard InChI is InChI=1S/C10H10N2O4S/c1-7(10(13)14)12-17(15,16)9-5-3-2-4-8(9)6-11/h2-5,7,12H,1H3,(H,13,14). The van der Waals surface area contributed by atoms with E-state index in [-0.39, 0.29) is 10.5 Å². The number of aliphatic carboxylic acids is 1. The molecular formula is C10H10N2O4S. The summed E-state index contributed by atoms with van der Waals surface area (Å²) >= 11 is 0. The van der Waals surface area contributed by atoms with Gasteiger partial charge in [-0.3, -0.25) is 4.79 Å². The van der Waals surface area contributed by atoms with Gasteiger partial charge in [-0.05, 0) is 19.1 Å². The molecule has 0 amide bonds. The lowest BCUT2D eigenvalue weighted by atomic mass is 10.2. The SMILES string of the molecule is CC(NS(=O)(=O)c1ccccc1C#N)C(=O)O. The largest absolute Gasteiger partial charge is 0.480 e. The molecule has 7 heteroatoms. The van der Waals surface area contributed by atoms with Crippen LogP contribution in [0.15, 0.2) is 29.2 Å². The monoisotopic (exact) mass is 254 g/mol. The molecule has 0 fully saturated rings. The first kappa shape index (κ1) is 13.2. The molecule has 2 N–H and O–H groups in total. The van der Waals surface area contributed by atoms with Gasteiger partial charge >= 0.3 is 5.97 Å². The molecule has 0 saturated carbocycles. The summed E-state index contributed by atoms with van der Waals surface area (Å²) in [6.45, 7) is 1.20. The van der Waals surface area contributed by atoms with Gasteiger partial charge in [-0.15, -0.1) is 0 Å². The second-order valence-corrected chi connectivity index (χ2v) is 4.97. The highest BCUT2D eigenvalue weighted by Gasteiger charge is 2.23. The minimum Gasteiger partial charge on any atom is -0.480 e. The van der Waals surface area contributed by atoms with Crippen molar-refractivity contribution in [1.29, 1.82) is 5.26 Å². The number of nitrogens with one attached hydrogen (secondary N) is 1. The third-order valence-electron chi connectivity index (χ3n) is 2.00. The van der Waals surface area contributed by atoms with E-state index in [2.05, 4.69) is 0 Å². The maximum Gasteiger partial charge on any atom is 0.321 e. The van der Waals surface area contributed by atoms with Gasteiger partial charge < -0.3 is 5.11 Å². The number of nitriles is 1. The summed E-state index contributed by atoms with van der Waals surface area (Å²) in [6.07, 6.45) is 0. The Labute approximate surface area is 98.6 Å². The Balaban J connectivity index is 3.15. The zero-order chi connectivity index (χ0) is 13.1. The fourth-order valence-electron chi connectivity index (χ4n) is 1.14. The summed E-state index contributed by atoms with van der Waals surface area (Å²) in [5.74, 6) is -1.29. The predicted octanol–water partition coefficient (Wildman–Crippen LogP) is 0.310. The van der Waals surface area contributed by atoms with E-state index in [1.165, 1.54) is 31.2 Å². The van der Waals surface area contributed by atoms with E-state index in [9.17, 15) is 13.2 Å². The summed E-state index contributed by atoms with van der Waals surface area (Å²) in [6, 6.07) is 6.06. The van der Waals surface area contributed by atoms with Crippen LogP contribution in [-0.4, -0.2) is 25.5 Å². The van der Waals surface area contributed by atoms with Crippen molar-refractivity contribution in [1.82, 2.24) is 4.72 Å². The van der Waals surface area contributed by atoms with Crippen molar-refractivity contribution in [2.45, 2.75) is 17.9 Å². The van der Waals surface area contributed by atoms with Gasteiger partial charge in [0.25, 0.3) is 0 Å². The summed E-state index contributed by atoms with van der Waals surface area (Å²) in [7, 11) is -4.00. The van der Waals surface area contributed by atoms with Gasteiger partial charge in [0.1, 0.15) is 12.1 Å². The molecule has 1 unspecified atom stereocenters. The van der Waals surface area contributed by atoms with Crippen LogP contribution in [0.4, 0.5) is 0 Å². The fourth-order valence-corrected chi connectivity index (χ4v) is 2.49. The molecule has 0 aliphatic carbocycles. The predicted molar refractivity (Wildman–Crippen MR) is 58.6 cm³/mol. The molecule has 1 aromatic carbocycles. The summed E-state index contributed by atoms with van der Waals surface area (Å²) in [4.78, 5) is 10.3. The van der Waals surface area contributed by atoms with Crippen LogP contribution in [0.3, 0.4) is 0 Å². The van der Waals surface area contributed by atoms with Crippen LogP contribution >= 0.6 is 0 Å². The third-order valence-corrected chi connectivity index (χ3v) is 3.60. The van der Waals surface area contributed by atoms with E-state index < -0.39 is 22.0 Å². The first-order chi connectivity index (χ1) is 7.88.